The first-order valence-corrected chi connectivity index (χ1v) is 8.22. The normalized spacial score (nSPS) is 14.6. The van der Waals surface area contributed by atoms with Crippen molar-refractivity contribution in [1.82, 2.24) is 14.9 Å². The highest BCUT2D eigenvalue weighted by molar-refractivity contribution is 6.35. The lowest BCUT2D eigenvalue weighted by molar-refractivity contribution is 0.0718. The molecule has 3 rings (SSSR count). The Kier molecular flexibility index (Phi) is 4.98. The molecule has 23 heavy (non-hydrogen) atoms. The van der Waals surface area contributed by atoms with E-state index in [1.807, 2.05) is 4.90 Å². The Morgan fingerprint density at radius 1 is 1.00 bits per heavy atom. The number of anilines is 2. The quantitative estimate of drug-likeness (QED) is 0.902. The summed E-state index contributed by atoms with van der Waals surface area (Å²) in [6.07, 6.45) is 6.31. The summed E-state index contributed by atoms with van der Waals surface area (Å²) < 4.78 is 0. The molecule has 1 saturated heterocycles. The number of nitrogens with zero attached hydrogens (tertiary/aromatic N) is 3. The van der Waals surface area contributed by atoms with Gasteiger partial charge < -0.3 is 10.2 Å². The molecule has 0 radical (unpaired) electrons. The van der Waals surface area contributed by atoms with Crippen LogP contribution in [0.2, 0.25) is 10.0 Å². The van der Waals surface area contributed by atoms with Gasteiger partial charge >= 0.3 is 0 Å². The molecule has 1 fully saturated rings. The third-order valence-electron chi connectivity index (χ3n) is 3.65. The molecule has 1 amide bonds. The van der Waals surface area contributed by atoms with Crippen LogP contribution in [0.15, 0.2) is 30.6 Å². The monoisotopic (exact) mass is 350 g/mol. The van der Waals surface area contributed by atoms with E-state index >= 15 is 0 Å². The Morgan fingerprint density at radius 3 is 2.30 bits per heavy atom. The maximum atomic E-state index is 12.3. The zero-order valence-electron chi connectivity index (χ0n) is 12.4. The van der Waals surface area contributed by atoms with Gasteiger partial charge in [0.2, 0.25) is 0 Å². The summed E-state index contributed by atoms with van der Waals surface area (Å²) in [6.45, 7) is 1.59. The number of nitrogens with one attached hydrogen (secondary N) is 1. The van der Waals surface area contributed by atoms with Crippen LogP contribution in [0.4, 0.5) is 11.5 Å². The lowest BCUT2D eigenvalue weighted by Crippen LogP contribution is -2.36. The Bertz CT molecular complexity index is 679. The first-order valence-electron chi connectivity index (χ1n) is 7.46. The first-order chi connectivity index (χ1) is 11.1. The number of aromatic nitrogens is 2. The van der Waals surface area contributed by atoms with Crippen LogP contribution in [-0.4, -0.2) is 33.9 Å². The van der Waals surface area contributed by atoms with Gasteiger partial charge in [-0.3, -0.25) is 4.79 Å². The van der Waals surface area contributed by atoms with Crippen molar-refractivity contribution in [1.29, 1.82) is 0 Å². The smallest absolute Gasteiger partial charge is 0.274 e. The zero-order valence-corrected chi connectivity index (χ0v) is 13.9. The van der Waals surface area contributed by atoms with Crippen molar-refractivity contribution in [2.75, 3.05) is 18.4 Å². The van der Waals surface area contributed by atoms with Crippen LogP contribution >= 0.6 is 23.2 Å². The number of benzene rings is 1. The number of carbonyl (C=O) groups is 1. The molecule has 0 saturated carbocycles. The van der Waals surface area contributed by atoms with E-state index in [0.29, 0.717) is 27.2 Å². The van der Waals surface area contributed by atoms with E-state index in [1.54, 1.807) is 18.2 Å². The molecule has 2 heterocycles. The summed E-state index contributed by atoms with van der Waals surface area (Å²) in [4.78, 5) is 22.6. The maximum Gasteiger partial charge on any atom is 0.274 e. The van der Waals surface area contributed by atoms with E-state index in [-0.39, 0.29) is 5.91 Å². The van der Waals surface area contributed by atoms with Crippen molar-refractivity contribution in [2.45, 2.75) is 19.3 Å². The summed E-state index contributed by atoms with van der Waals surface area (Å²) in [5, 5.41) is 4.13. The van der Waals surface area contributed by atoms with Gasteiger partial charge in [0.1, 0.15) is 11.5 Å². The second kappa shape index (κ2) is 7.15. The Morgan fingerprint density at radius 2 is 1.70 bits per heavy atom. The van der Waals surface area contributed by atoms with Gasteiger partial charge in [0, 0.05) is 28.8 Å². The summed E-state index contributed by atoms with van der Waals surface area (Å²) >= 11 is 11.9. The molecule has 1 aliphatic heterocycles. The van der Waals surface area contributed by atoms with Gasteiger partial charge in [-0.1, -0.05) is 23.2 Å². The lowest BCUT2D eigenvalue weighted by atomic mass is 10.1. The number of hydrogen-bond acceptors (Lipinski definition) is 4. The standard InChI is InChI=1S/C16H16Cl2N4O/c17-11-6-12(18)8-13(7-11)21-15-10-19-14(9-20-15)16(23)22-4-2-1-3-5-22/h6-10H,1-5H2,(H,20,21). The molecular formula is C16H16Cl2N4O. The van der Waals surface area contributed by atoms with Gasteiger partial charge in [0.25, 0.3) is 5.91 Å². The van der Waals surface area contributed by atoms with Gasteiger partial charge in [-0.2, -0.15) is 0 Å². The van der Waals surface area contributed by atoms with Crippen LogP contribution < -0.4 is 5.32 Å². The van der Waals surface area contributed by atoms with Crippen LogP contribution in [0, 0.1) is 0 Å². The van der Waals surface area contributed by atoms with Crippen LogP contribution in [0.3, 0.4) is 0 Å². The SMILES string of the molecule is O=C(c1cnc(Nc2cc(Cl)cc(Cl)c2)cn1)N1CCCCC1. The average molecular weight is 351 g/mol. The van der Waals surface area contributed by atoms with Crippen molar-refractivity contribution in [3.05, 3.63) is 46.3 Å². The summed E-state index contributed by atoms with van der Waals surface area (Å²) in [7, 11) is 0. The van der Waals surface area contributed by atoms with Crippen molar-refractivity contribution in [3.63, 3.8) is 0 Å². The molecule has 0 unspecified atom stereocenters. The van der Waals surface area contributed by atoms with Gasteiger partial charge in [-0.15, -0.1) is 0 Å². The molecule has 1 aromatic heterocycles. The van der Waals surface area contributed by atoms with E-state index in [0.717, 1.165) is 25.9 Å². The Hall–Kier alpha value is -1.85. The molecule has 0 spiro atoms. The van der Waals surface area contributed by atoms with E-state index in [4.69, 9.17) is 23.2 Å². The third kappa shape index (κ3) is 4.12. The predicted molar refractivity (Wildman–Crippen MR) is 91.5 cm³/mol. The van der Waals surface area contributed by atoms with Gasteiger partial charge in [-0.25, -0.2) is 9.97 Å². The minimum absolute atomic E-state index is 0.0606. The highest BCUT2D eigenvalue weighted by Gasteiger charge is 2.19. The van der Waals surface area contributed by atoms with Crippen LogP contribution in [0.5, 0.6) is 0 Å². The molecule has 1 aliphatic rings. The van der Waals surface area contributed by atoms with Crippen molar-refractivity contribution in [3.8, 4) is 0 Å². The minimum atomic E-state index is -0.0606. The van der Waals surface area contributed by atoms with E-state index < -0.39 is 0 Å². The van der Waals surface area contributed by atoms with Crippen LogP contribution in [0.25, 0.3) is 0 Å². The summed E-state index contributed by atoms with van der Waals surface area (Å²) in [6, 6.07) is 5.13. The number of rotatable bonds is 3. The van der Waals surface area contributed by atoms with Crippen molar-refractivity contribution >= 4 is 40.6 Å². The number of hydrogen-bond donors (Lipinski definition) is 1. The number of likely N-dealkylation sites (tertiary alicyclic amines) is 1. The summed E-state index contributed by atoms with van der Waals surface area (Å²) in [5.74, 6) is 0.466. The minimum Gasteiger partial charge on any atom is -0.339 e. The number of carbonyl (C=O) groups excluding carboxylic acids is 1. The van der Waals surface area contributed by atoms with Crippen LogP contribution in [-0.2, 0) is 0 Å². The number of piperidine rings is 1. The first kappa shape index (κ1) is 16.0. The van der Waals surface area contributed by atoms with Crippen molar-refractivity contribution < 1.29 is 4.79 Å². The Balaban J connectivity index is 1.70. The van der Waals surface area contributed by atoms with Gasteiger partial charge in [-0.05, 0) is 37.5 Å². The second-order valence-electron chi connectivity index (χ2n) is 5.42. The summed E-state index contributed by atoms with van der Waals surface area (Å²) in [5.41, 5.74) is 1.08. The van der Waals surface area contributed by atoms with E-state index in [2.05, 4.69) is 15.3 Å². The molecular weight excluding hydrogens is 335 g/mol. The van der Waals surface area contributed by atoms with Gasteiger partial charge in [0.15, 0.2) is 0 Å². The highest BCUT2D eigenvalue weighted by atomic mass is 35.5. The van der Waals surface area contributed by atoms with Gasteiger partial charge in [0.05, 0.1) is 12.4 Å². The fraction of sp³-hybridized carbons (Fsp3) is 0.312. The number of amides is 1. The second-order valence-corrected chi connectivity index (χ2v) is 6.30. The molecule has 1 aromatic carbocycles. The van der Waals surface area contributed by atoms with Crippen LogP contribution in [0.1, 0.15) is 29.8 Å². The lowest BCUT2D eigenvalue weighted by Gasteiger charge is -2.26. The van der Waals surface area contributed by atoms with E-state index in [1.165, 1.54) is 18.8 Å². The topological polar surface area (TPSA) is 58.1 Å². The molecule has 0 atom stereocenters. The third-order valence-corrected chi connectivity index (χ3v) is 4.09. The zero-order chi connectivity index (χ0) is 16.2. The van der Waals surface area contributed by atoms with Crippen molar-refractivity contribution in [2.24, 2.45) is 0 Å². The molecule has 1 N–H and O–H groups in total. The highest BCUT2D eigenvalue weighted by Crippen LogP contribution is 2.24. The predicted octanol–water partition coefficient (Wildman–Crippen LogP) is 4.15. The fourth-order valence-corrected chi connectivity index (χ4v) is 3.06. The number of halogens is 2. The average Bonchev–Trinajstić information content (AvgIpc) is 2.55. The largest absolute Gasteiger partial charge is 0.339 e. The fourth-order valence-electron chi connectivity index (χ4n) is 2.54. The molecule has 120 valence electrons. The van der Waals surface area contributed by atoms with E-state index in [9.17, 15) is 4.79 Å². The molecule has 7 heteroatoms. The molecule has 0 bridgehead atoms. The maximum absolute atomic E-state index is 12.3. The Labute approximate surface area is 144 Å². The molecule has 0 aliphatic carbocycles. The molecule has 2 aromatic rings. The molecule has 5 nitrogen and oxygen atoms in total.